The summed E-state index contributed by atoms with van der Waals surface area (Å²) in [5.41, 5.74) is 0.402. The zero-order valence-electron chi connectivity index (χ0n) is 11.5. The predicted molar refractivity (Wildman–Crippen MR) is 73.1 cm³/mol. The van der Waals surface area contributed by atoms with Crippen LogP contribution in [0.2, 0.25) is 0 Å². The minimum absolute atomic E-state index is 0.166. The van der Waals surface area contributed by atoms with Gasteiger partial charge in [0.2, 0.25) is 0 Å². The predicted octanol–water partition coefficient (Wildman–Crippen LogP) is 3.10. The van der Waals surface area contributed by atoms with Crippen LogP contribution in [-0.4, -0.2) is 31.1 Å². The first-order valence-corrected chi connectivity index (χ1v) is 7.08. The molecule has 2 nitrogen and oxygen atoms in total. The van der Waals surface area contributed by atoms with Crippen molar-refractivity contribution in [3.8, 4) is 0 Å². The number of piperidine rings is 1. The van der Waals surface area contributed by atoms with Crippen molar-refractivity contribution in [3.05, 3.63) is 35.4 Å². The van der Waals surface area contributed by atoms with Gasteiger partial charge in [0.25, 0.3) is 0 Å². The highest BCUT2D eigenvalue weighted by molar-refractivity contribution is 5.21. The lowest BCUT2D eigenvalue weighted by Crippen LogP contribution is -2.36. The molecule has 0 aromatic heterocycles. The van der Waals surface area contributed by atoms with Gasteiger partial charge in [-0.15, -0.1) is 0 Å². The van der Waals surface area contributed by atoms with Gasteiger partial charge in [-0.05, 0) is 38.9 Å². The number of rotatable bonds is 5. The molecule has 106 valence electrons. The first kappa shape index (κ1) is 14.4. The summed E-state index contributed by atoms with van der Waals surface area (Å²) in [6.07, 6.45) is 3.87. The average Bonchev–Trinajstić information content (AvgIpc) is 2.43. The molecule has 2 rings (SSSR count). The molecule has 1 aromatic rings. The molecule has 19 heavy (non-hydrogen) atoms. The maximum Gasteiger partial charge on any atom is 0.163 e. The Morgan fingerprint density at radius 3 is 2.68 bits per heavy atom. The van der Waals surface area contributed by atoms with Gasteiger partial charge in [-0.3, -0.25) is 0 Å². The summed E-state index contributed by atoms with van der Waals surface area (Å²) in [5, 5.41) is 3.27. The number of benzene rings is 1. The topological polar surface area (TPSA) is 15.3 Å². The molecule has 1 unspecified atom stereocenters. The highest BCUT2D eigenvalue weighted by atomic mass is 19.2. The van der Waals surface area contributed by atoms with Crippen LogP contribution in [0.25, 0.3) is 0 Å². The summed E-state index contributed by atoms with van der Waals surface area (Å²) in [6, 6.07) is 4.17. The van der Waals surface area contributed by atoms with E-state index >= 15 is 0 Å². The largest absolute Gasteiger partial charge is 0.309 e. The Bertz CT molecular complexity index is 403. The standard InChI is InChI=1S/C15H22F2N2/c1-12(13-6-5-7-14(16)15(13)17)18-8-11-19-9-3-2-4-10-19/h5-7,12,18H,2-4,8-11H2,1H3. The Kier molecular flexibility index (Phi) is 5.28. The van der Waals surface area contributed by atoms with E-state index in [9.17, 15) is 8.78 Å². The molecule has 1 fully saturated rings. The summed E-state index contributed by atoms with van der Waals surface area (Å²) in [7, 11) is 0. The molecule has 0 aliphatic carbocycles. The molecule has 1 aliphatic rings. The first-order valence-electron chi connectivity index (χ1n) is 7.08. The van der Waals surface area contributed by atoms with Crippen LogP contribution in [0, 0.1) is 11.6 Å². The van der Waals surface area contributed by atoms with Crippen molar-refractivity contribution in [1.29, 1.82) is 0 Å². The van der Waals surface area contributed by atoms with Crippen LogP contribution in [0.3, 0.4) is 0 Å². The molecule has 1 aliphatic heterocycles. The van der Waals surface area contributed by atoms with Crippen molar-refractivity contribution in [3.63, 3.8) is 0 Å². The molecule has 1 heterocycles. The fourth-order valence-electron chi connectivity index (χ4n) is 2.59. The van der Waals surface area contributed by atoms with Gasteiger partial charge < -0.3 is 10.2 Å². The second kappa shape index (κ2) is 6.96. The van der Waals surface area contributed by atoms with Gasteiger partial charge in [0.05, 0.1) is 0 Å². The molecule has 1 saturated heterocycles. The molecule has 4 heteroatoms. The molecule has 0 radical (unpaired) electrons. The minimum Gasteiger partial charge on any atom is -0.309 e. The van der Waals surface area contributed by atoms with E-state index in [4.69, 9.17) is 0 Å². The second-order valence-corrected chi connectivity index (χ2v) is 5.22. The Balaban J connectivity index is 1.80. The lowest BCUT2D eigenvalue weighted by molar-refractivity contribution is 0.226. The number of hydrogen-bond donors (Lipinski definition) is 1. The van der Waals surface area contributed by atoms with Crippen molar-refractivity contribution in [1.82, 2.24) is 10.2 Å². The van der Waals surface area contributed by atoms with Crippen LogP contribution in [0.5, 0.6) is 0 Å². The van der Waals surface area contributed by atoms with Crippen LogP contribution in [-0.2, 0) is 0 Å². The van der Waals surface area contributed by atoms with E-state index in [0.29, 0.717) is 5.56 Å². The maximum atomic E-state index is 13.6. The maximum absolute atomic E-state index is 13.6. The van der Waals surface area contributed by atoms with Crippen LogP contribution >= 0.6 is 0 Å². The molecule has 0 spiro atoms. The van der Waals surface area contributed by atoms with Crippen molar-refractivity contribution in [2.45, 2.75) is 32.2 Å². The molecule has 1 aromatic carbocycles. The van der Waals surface area contributed by atoms with Gasteiger partial charge in [0.15, 0.2) is 11.6 Å². The summed E-state index contributed by atoms with van der Waals surface area (Å²) < 4.78 is 26.8. The SMILES string of the molecule is CC(NCCN1CCCCC1)c1cccc(F)c1F. The molecule has 1 N–H and O–H groups in total. The molecular weight excluding hydrogens is 246 g/mol. The van der Waals surface area contributed by atoms with Gasteiger partial charge in [0.1, 0.15) is 0 Å². The van der Waals surface area contributed by atoms with E-state index in [1.165, 1.54) is 19.3 Å². The number of likely N-dealkylation sites (tertiary alicyclic amines) is 1. The Hall–Kier alpha value is -1.00. The Morgan fingerprint density at radius 2 is 1.95 bits per heavy atom. The van der Waals surface area contributed by atoms with E-state index in [1.807, 2.05) is 6.92 Å². The summed E-state index contributed by atoms with van der Waals surface area (Å²) in [5.74, 6) is -1.51. The third-order valence-electron chi connectivity index (χ3n) is 3.78. The van der Waals surface area contributed by atoms with Crippen molar-refractivity contribution in [2.75, 3.05) is 26.2 Å². The minimum atomic E-state index is -0.776. The zero-order chi connectivity index (χ0) is 13.7. The monoisotopic (exact) mass is 268 g/mol. The number of nitrogens with one attached hydrogen (secondary N) is 1. The molecule has 0 amide bonds. The van der Waals surface area contributed by atoms with Gasteiger partial charge in [0, 0.05) is 24.7 Å². The summed E-state index contributed by atoms with van der Waals surface area (Å²) in [6.45, 7) is 5.96. The van der Waals surface area contributed by atoms with E-state index < -0.39 is 11.6 Å². The van der Waals surface area contributed by atoms with E-state index in [-0.39, 0.29) is 6.04 Å². The highest BCUT2D eigenvalue weighted by Crippen LogP contribution is 2.18. The van der Waals surface area contributed by atoms with Crippen molar-refractivity contribution < 1.29 is 8.78 Å². The van der Waals surface area contributed by atoms with Crippen LogP contribution in [0.1, 0.15) is 37.8 Å². The average molecular weight is 268 g/mol. The smallest absolute Gasteiger partial charge is 0.163 e. The molecular formula is C15H22F2N2. The van der Waals surface area contributed by atoms with Gasteiger partial charge in [-0.25, -0.2) is 8.78 Å². The van der Waals surface area contributed by atoms with Crippen molar-refractivity contribution >= 4 is 0 Å². The fraction of sp³-hybridized carbons (Fsp3) is 0.600. The molecule has 0 saturated carbocycles. The van der Waals surface area contributed by atoms with Gasteiger partial charge >= 0.3 is 0 Å². The highest BCUT2D eigenvalue weighted by Gasteiger charge is 2.14. The van der Waals surface area contributed by atoms with Crippen LogP contribution in [0.4, 0.5) is 8.78 Å². The quantitative estimate of drug-likeness (QED) is 0.882. The summed E-state index contributed by atoms with van der Waals surface area (Å²) >= 11 is 0. The van der Waals surface area contributed by atoms with Gasteiger partial charge in [-0.1, -0.05) is 18.6 Å². The zero-order valence-corrected chi connectivity index (χ0v) is 11.5. The third-order valence-corrected chi connectivity index (χ3v) is 3.78. The lowest BCUT2D eigenvalue weighted by atomic mass is 10.1. The Labute approximate surface area is 113 Å². The lowest BCUT2D eigenvalue weighted by Gasteiger charge is -2.27. The normalized spacial score (nSPS) is 18.5. The third kappa shape index (κ3) is 3.98. The Morgan fingerprint density at radius 1 is 1.21 bits per heavy atom. The van der Waals surface area contributed by atoms with E-state index in [1.54, 1.807) is 12.1 Å². The van der Waals surface area contributed by atoms with Gasteiger partial charge in [-0.2, -0.15) is 0 Å². The molecule has 1 atom stereocenters. The van der Waals surface area contributed by atoms with Crippen molar-refractivity contribution in [2.24, 2.45) is 0 Å². The molecule has 0 bridgehead atoms. The van der Waals surface area contributed by atoms with Crippen LogP contribution < -0.4 is 5.32 Å². The van der Waals surface area contributed by atoms with Crippen LogP contribution in [0.15, 0.2) is 18.2 Å². The number of halogens is 2. The summed E-state index contributed by atoms with van der Waals surface area (Å²) in [4.78, 5) is 2.42. The fourth-order valence-corrected chi connectivity index (χ4v) is 2.59. The first-order chi connectivity index (χ1) is 9.18. The second-order valence-electron chi connectivity index (χ2n) is 5.22. The van der Waals surface area contributed by atoms with E-state index in [2.05, 4.69) is 10.2 Å². The van der Waals surface area contributed by atoms with E-state index in [0.717, 1.165) is 32.2 Å². The number of hydrogen-bond acceptors (Lipinski definition) is 2. The number of nitrogens with zero attached hydrogens (tertiary/aromatic N) is 1.